The van der Waals surface area contributed by atoms with E-state index in [1.54, 1.807) is 30.5 Å². The summed E-state index contributed by atoms with van der Waals surface area (Å²) in [5.41, 5.74) is 1.67. The van der Waals surface area contributed by atoms with Gasteiger partial charge in [0.05, 0.1) is 17.2 Å². The van der Waals surface area contributed by atoms with E-state index in [1.807, 2.05) is 30.3 Å². The zero-order valence-electron chi connectivity index (χ0n) is 13.7. The van der Waals surface area contributed by atoms with Crippen LogP contribution in [0.4, 0.5) is 5.69 Å². The summed E-state index contributed by atoms with van der Waals surface area (Å²) < 4.78 is 10.2. The van der Waals surface area contributed by atoms with Gasteiger partial charge in [-0.2, -0.15) is 0 Å². The fourth-order valence-corrected chi connectivity index (χ4v) is 2.93. The van der Waals surface area contributed by atoms with Gasteiger partial charge in [-0.1, -0.05) is 52.6 Å². The largest absolute Gasteiger partial charge is 0.465 e. The van der Waals surface area contributed by atoms with E-state index in [2.05, 4.69) is 10.5 Å². The summed E-state index contributed by atoms with van der Waals surface area (Å²) in [6.45, 7) is 0. The number of esters is 1. The Morgan fingerprint density at radius 1 is 1.12 bits per heavy atom. The second kappa shape index (κ2) is 8.08. The summed E-state index contributed by atoms with van der Waals surface area (Å²) in [5.74, 6) is -0.372. The maximum atomic E-state index is 12.3. The average Bonchev–Trinajstić information content (AvgIpc) is 3.05. The number of ether oxygens (including phenoxy) is 1. The highest BCUT2D eigenvalue weighted by atomic mass is 35.5. The van der Waals surface area contributed by atoms with E-state index in [9.17, 15) is 4.79 Å². The van der Waals surface area contributed by atoms with Crippen molar-refractivity contribution in [2.75, 3.05) is 12.4 Å². The van der Waals surface area contributed by atoms with Crippen molar-refractivity contribution < 1.29 is 14.1 Å². The first-order chi connectivity index (χ1) is 12.6. The van der Waals surface area contributed by atoms with Crippen LogP contribution in [0.15, 0.2) is 59.3 Å². The van der Waals surface area contributed by atoms with Crippen molar-refractivity contribution >= 4 is 40.9 Å². The maximum Gasteiger partial charge on any atom is 0.344 e. The number of aromatic nitrogens is 1. The summed E-state index contributed by atoms with van der Waals surface area (Å²) in [6.07, 6.45) is 3.22. The highest BCUT2D eigenvalue weighted by Gasteiger charge is 2.26. The van der Waals surface area contributed by atoms with Crippen LogP contribution in [0.2, 0.25) is 10.0 Å². The van der Waals surface area contributed by atoms with E-state index in [0.717, 1.165) is 5.69 Å². The van der Waals surface area contributed by atoms with Crippen LogP contribution in [0.5, 0.6) is 0 Å². The molecule has 0 spiro atoms. The van der Waals surface area contributed by atoms with E-state index in [4.69, 9.17) is 32.5 Å². The van der Waals surface area contributed by atoms with Gasteiger partial charge in [-0.25, -0.2) is 4.79 Å². The molecule has 0 atom stereocenters. The molecule has 5 nitrogen and oxygen atoms in total. The van der Waals surface area contributed by atoms with Crippen LogP contribution in [0.25, 0.3) is 17.3 Å². The number of nitrogens with one attached hydrogen (secondary N) is 1. The Hall–Kier alpha value is -2.76. The number of methoxy groups -OCH3 is 1. The van der Waals surface area contributed by atoms with Crippen LogP contribution in [-0.4, -0.2) is 18.2 Å². The van der Waals surface area contributed by atoms with Gasteiger partial charge >= 0.3 is 5.97 Å². The number of para-hydroxylation sites is 1. The predicted molar refractivity (Wildman–Crippen MR) is 102 cm³/mol. The molecule has 0 saturated heterocycles. The summed E-state index contributed by atoms with van der Waals surface area (Å²) in [7, 11) is 1.28. The first-order valence-corrected chi connectivity index (χ1v) is 8.38. The Balaban J connectivity index is 1.99. The molecule has 26 heavy (non-hydrogen) atoms. The second-order valence-corrected chi connectivity index (χ2v) is 6.02. The maximum absolute atomic E-state index is 12.3. The minimum Gasteiger partial charge on any atom is -0.465 e. The molecule has 0 aliphatic heterocycles. The summed E-state index contributed by atoms with van der Waals surface area (Å²) in [6, 6.07) is 14.6. The molecule has 7 heteroatoms. The van der Waals surface area contributed by atoms with Crippen molar-refractivity contribution in [2.45, 2.75) is 0 Å². The highest BCUT2D eigenvalue weighted by Crippen LogP contribution is 2.37. The number of halogens is 2. The Labute approximate surface area is 160 Å². The van der Waals surface area contributed by atoms with Gasteiger partial charge in [0.2, 0.25) is 0 Å². The number of carbonyl (C=O) groups is 1. The van der Waals surface area contributed by atoms with Gasteiger partial charge in [0.15, 0.2) is 5.76 Å². The third-order valence-corrected chi connectivity index (χ3v) is 4.20. The lowest BCUT2D eigenvalue weighted by Crippen LogP contribution is -2.04. The quantitative estimate of drug-likeness (QED) is 0.583. The zero-order chi connectivity index (χ0) is 18.5. The number of hydrogen-bond acceptors (Lipinski definition) is 5. The van der Waals surface area contributed by atoms with Crippen molar-refractivity contribution in [2.24, 2.45) is 0 Å². The normalized spacial score (nSPS) is 10.9. The lowest BCUT2D eigenvalue weighted by Gasteiger charge is -2.05. The number of hydrogen-bond donors (Lipinski definition) is 1. The first-order valence-electron chi connectivity index (χ1n) is 7.62. The van der Waals surface area contributed by atoms with E-state index in [0.29, 0.717) is 15.6 Å². The predicted octanol–water partition coefficient (Wildman–Crippen LogP) is 5.52. The Kier molecular flexibility index (Phi) is 5.61. The van der Waals surface area contributed by atoms with Gasteiger partial charge < -0.3 is 14.6 Å². The van der Waals surface area contributed by atoms with Crippen molar-refractivity contribution in [3.63, 3.8) is 0 Å². The van der Waals surface area contributed by atoms with Crippen LogP contribution in [0.1, 0.15) is 16.1 Å². The molecule has 0 aliphatic rings. The number of carbonyl (C=O) groups excluding carboxylic acids is 1. The number of rotatable bonds is 5. The van der Waals surface area contributed by atoms with Crippen LogP contribution >= 0.6 is 23.2 Å². The molecular formula is C19H14Cl2N2O3. The van der Waals surface area contributed by atoms with E-state index < -0.39 is 5.97 Å². The topological polar surface area (TPSA) is 64.4 Å². The molecule has 1 heterocycles. The van der Waals surface area contributed by atoms with Gasteiger partial charge in [-0.05, 0) is 24.3 Å². The smallest absolute Gasteiger partial charge is 0.344 e. The molecule has 1 N–H and O–H groups in total. The summed E-state index contributed by atoms with van der Waals surface area (Å²) in [5, 5.41) is 7.77. The SMILES string of the molecule is COC(=O)c1c(-c2c(Cl)cccc2Cl)noc1C=CNc1ccccc1. The van der Waals surface area contributed by atoms with Crippen molar-refractivity contribution in [1.29, 1.82) is 0 Å². The van der Waals surface area contributed by atoms with Crippen LogP contribution in [0.3, 0.4) is 0 Å². The average molecular weight is 389 g/mol. The van der Waals surface area contributed by atoms with Crippen LogP contribution in [0, 0.1) is 0 Å². The molecule has 0 radical (unpaired) electrons. The highest BCUT2D eigenvalue weighted by molar-refractivity contribution is 6.39. The van der Waals surface area contributed by atoms with Gasteiger partial charge in [-0.3, -0.25) is 0 Å². The minimum absolute atomic E-state index is 0.147. The Morgan fingerprint density at radius 3 is 2.46 bits per heavy atom. The van der Waals surface area contributed by atoms with Gasteiger partial charge in [0.25, 0.3) is 0 Å². The molecule has 0 amide bonds. The molecule has 1 aromatic heterocycles. The molecule has 0 bridgehead atoms. The second-order valence-electron chi connectivity index (χ2n) is 5.20. The fourth-order valence-electron chi connectivity index (χ4n) is 2.36. The molecule has 0 fully saturated rings. The number of benzene rings is 2. The molecular weight excluding hydrogens is 375 g/mol. The molecule has 3 aromatic rings. The van der Waals surface area contributed by atoms with Gasteiger partial charge in [0.1, 0.15) is 11.3 Å². The lowest BCUT2D eigenvalue weighted by atomic mass is 10.1. The van der Waals surface area contributed by atoms with Crippen LogP contribution < -0.4 is 5.32 Å². The molecule has 2 aromatic carbocycles. The number of anilines is 1. The molecule has 0 saturated carbocycles. The van der Waals surface area contributed by atoms with Gasteiger partial charge in [0, 0.05) is 23.5 Å². The summed E-state index contributed by atoms with van der Waals surface area (Å²) in [4.78, 5) is 12.3. The monoisotopic (exact) mass is 388 g/mol. The first kappa shape index (κ1) is 18.0. The van der Waals surface area contributed by atoms with E-state index >= 15 is 0 Å². The molecule has 3 rings (SSSR count). The van der Waals surface area contributed by atoms with Crippen molar-refractivity contribution in [3.05, 3.63) is 76.1 Å². The standard InChI is InChI=1S/C19H14Cl2N2O3/c1-25-19(24)17-15(10-11-22-12-6-3-2-4-7-12)26-23-18(17)16-13(20)8-5-9-14(16)21/h2-11,22H,1H3. The molecule has 132 valence electrons. The third kappa shape index (κ3) is 3.74. The zero-order valence-corrected chi connectivity index (χ0v) is 15.2. The van der Waals surface area contributed by atoms with Crippen LogP contribution in [-0.2, 0) is 4.74 Å². The Bertz CT molecular complexity index is 932. The molecule has 0 aliphatic carbocycles. The number of nitrogens with zero attached hydrogens (tertiary/aromatic N) is 1. The molecule has 0 unspecified atom stereocenters. The van der Waals surface area contributed by atoms with E-state index in [-0.39, 0.29) is 17.0 Å². The third-order valence-electron chi connectivity index (χ3n) is 3.57. The fraction of sp³-hybridized carbons (Fsp3) is 0.0526. The lowest BCUT2D eigenvalue weighted by molar-refractivity contribution is 0.0600. The van der Waals surface area contributed by atoms with Crippen molar-refractivity contribution in [3.8, 4) is 11.3 Å². The minimum atomic E-state index is -0.600. The Morgan fingerprint density at radius 2 is 1.81 bits per heavy atom. The van der Waals surface area contributed by atoms with Gasteiger partial charge in [-0.15, -0.1) is 0 Å². The summed E-state index contributed by atoms with van der Waals surface area (Å²) >= 11 is 12.5. The van der Waals surface area contributed by atoms with Crippen molar-refractivity contribution in [1.82, 2.24) is 5.16 Å². The van der Waals surface area contributed by atoms with E-state index in [1.165, 1.54) is 7.11 Å².